The minimum absolute atomic E-state index is 0.958. The molecule has 0 aromatic heterocycles. The van der Waals surface area contributed by atoms with E-state index in [-0.39, 0.29) is 0 Å². The molecule has 0 aromatic rings. The molecule has 1 nitrogen and oxygen atoms in total. The van der Waals surface area contributed by atoms with E-state index in [0.29, 0.717) is 0 Å². The number of hydrogen-bond donors (Lipinski definition) is 0. The Kier molecular flexibility index (Phi) is 20.0. The van der Waals surface area contributed by atoms with Gasteiger partial charge in [-0.25, -0.2) is 0 Å². The molecule has 0 saturated heterocycles. The highest BCUT2D eigenvalue weighted by atomic mass is 16.5. The van der Waals surface area contributed by atoms with Crippen molar-refractivity contribution in [3.63, 3.8) is 0 Å². The van der Waals surface area contributed by atoms with Gasteiger partial charge < -0.3 is 4.74 Å². The second-order valence-electron chi connectivity index (χ2n) is 7.13. The average molecular weight is 326 g/mol. The minimum atomic E-state index is 0.958. The molecule has 0 aliphatic carbocycles. The van der Waals surface area contributed by atoms with E-state index in [1.807, 2.05) is 0 Å². The highest BCUT2D eigenvalue weighted by molar-refractivity contribution is 4.77. The zero-order valence-electron chi connectivity index (χ0n) is 16.6. The van der Waals surface area contributed by atoms with Gasteiger partial charge in [-0.1, -0.05) is 111 Å². The molecule has 0 heterocycles. The molecule has 0 aliphatic heterocycles. The maximum atomic E-state index is 6.07. The normalized spacial score (nSPS) is 11.5. The molecule has 0 unspecified atom stereocenters. The van der Waals surface area contributed by atoms with Crippen LogP contribution in [0.3, 0.4) is 0 Å². The third kappa shape index (κ3) is 18.1. The van der Waals surface area contributed by atoms with Crippen molar-refractivity contribution in [2.24, 2.45) is 0 Å². The largest absolute Gasteiger partial charge is 0.372 e. The van der Waals surface area contributed by atoms with Crippen LogP contribution in [0.5, 0.6) is 0 Å². The predicted molar refractivity (Wildman–Crippen MR) is 105 cm³/mol. The summed E-state index contributed by atoms with van der Waals surface area (Å²) in [5, 5.41) is 0. The van der Waals surface area contributed by atoms with E-state index < -0.39 is 0 Å². The first kappa shape index (κ1) is 23.0. The molecule has 23 heavy (non-hydrogen) atoms. The van der Waals surface area contributed by atoms with E-state index in [1.165, 1.54) is 115 Å². The van der Waals surface area contributed by atoms with Crippen LogP contribution in [0.25, 0.3) is 0 Å². The van der Waals surface area contributed by atoms with Crippen molar-refractivity contribution in [2.45, 2.75) is 130 Å². The van der Waals surface area contributed by atoms with E-state index in [0.717, 1.165) is 6.61 Å². The van der Waals surface area contributed by atoms with Crippen molar-refractivity contribution in [1.29, 1.82) is 0 Å². The van der Waals surface area contributed by atoms with Gasteiger partial charge in [-0.15, -0.1) is 0 Å². The Morgan fingerprint density at radius 1 is 0.478 bits per heavy atom. The van der Waals surface area contributed by atoms with Crippen LogP contribution >= 0.6 is 0 Å². The second kappa shape index (κ2) is 20.0. The first-order chi connectivity index (χ1) is 11.3. The molecule has 0 saturated carbocycles. The zero-order valence-corrected chi connectivity index (χ0v) is 16.6. The third-order valence-corrected chi connectivity index (χ3v) is 4.64. The molecule has 0 N–H and O–H groups in total. The number of unbranched alkanes of at least 4 members (excludes halogenated alkanes) is 12. The topological polar surface area (TPSA) is 9.23 Å². The smallest absolute Gasteiger partial charge is 0.0970 e. The summed E-state index contributed by atoms with van der Waals surface area (Å²) in [5.74, 6) is 0. The lowest BCUT2D eigenvalue weighted by Crippen LogP contribution is -2.05. The lowest BCUT2D eigenvalue weighted by Gasteiger charge is -2.16. The average Bonchev–Trinajstić information content (AvgIpc) is 2.56. The molecule has 139 valence electrons. The molecule has 0 aromatic carbocycles. The first-order valence-electron chi connectivity index (χ1n) is 10.8. The maximum absolute atomic E-state index is 6.07. The first-order valence-corrected chi connectivity index (χ1v) is 10.8. The van der Waals surface area contributed by atoms with Gasteiger partial charge in [-0.05, 0) is 19.3 Å². The Labute approximate surface area is 148 Å². The Hall–Kier alpha value is -0.0400. The standard InChI is InChI=1S/C22H45O/c1-4-7-9-11-13-14-16-18-21-23-22(19-6-3)20-17-15-12-10-8-5-2/h4-21H2,1-3H3. The van der Waals surface area contributed by atoms with Crippen molar-refractivity contribution >= 4 is 0 Å². The SMILES string of the molecule is CCCCCCCCCCO[C](CCC)CCCCCCCC. The van der Waals surface area contributed by atoms with Crippen LogP contribution in [0, 0.1) is 6.10 Å². The maximum Gasteiger partial charge on any atom is 0.0970 e. The summed E-state index contributed by atoms with van der Waals surface area (Å²) >= 11 is 0. The lowest BCUT2D eigenvalue weighted by atomic mass is 10.0. The summed E-state index contributed by atoms with van der Waals surface area (Å²) in [6.45, 7) is 7.79. The monoisotopic (exact) mass is 325 g/mol. The quantitative estimate of drug-likeness (QED) is 0.217. The molecule has 0 rings (SSSR count). The van der Waals surface area contributed by atoms with Crippen molar-refractivity contribution < 1.29 is 4.74 Å². The van der Waals surface area contributed by atoms with E-state index >= 15 is 0 Å². The van der Waals surface area contributed by atoms with Gasteiger partial charge in [0.1, 0.15) is 0 Å². The highest BCUT2D eigenvalue weighted by Crippen LogP contribution is 2.21. The fourth-order valence-corrected chi connectivity index (χ4v) is 3.10. The van der Waals surface area contributed by atoms with Crippen LogP contribution in [0.1, 0.15) is 130 Å². The summed E-state index contributed by atoms with van der Waals surface area (Å²) in [5.41, 5.74) is 0. The third-order valence-electron chi connectivity index (χ3n) is 4.64. The molecule has 0 amide bonds. The van der Waals surface area contributed by atoms with Crippen LogP contribution in [-0.4, -0.2) is 6.61 Å². The van der Waals surface area contributed by atoms with E-state index in [2.05, 4.69) is 20.8 Å². The van der Waals surface area contributed by atoms with Crippen molar-refractivity contribution in [3.8, 4) is 0 Å². The molecule has 0 spiro atoms. The lowest BCUT2D eigenvalue weighted by molar-refractivity contribution is 0.119. The van der Waals surface area contributed by atoms with Gasteiger partial charge in [0.15, 0.2) is 0 Å². The summed E-state index contributed by atoms with van der Waals surface area (Å²) in [6.07, 6.45) is 24.3. The van der Waals surface area contributed by atoms with Crippen LogP contribution in [0.15, 0.2) is 0 Å². The minimum Gasteiger partial charge on any atom is -0.372 e. The van der Waals surface area contributed by atoms with Crippen LogP contribution in [0.2, 0.25) is 0 Å². The Bertz CT molecular complexity index is 202. The van der Waals surface area contributed by atoms with Gasteiger partial charge in [0.25, 0.3) is 0 Å². The molecule has 0 aliphatic rings. The molecule has 1 radical (unpaired) electrons. The van der Waals surface area contributed by atoms with Gasteiger partial charge in [-0.2, -0.15) is 0 Å². The van der Waals surface area contributed by atoms with Crippen molar-refractivity contribution in [1.82, 2.24) is 0 Å². The fourth-order valence-electron chi connectivity index (χ4n) is 3.10. The predicted octanol–water partition coefficient (Wildman–Crippen LogP) is 8.23. The number of hydrogen-bond acceptors (Lipinski definition) is 1. The van der Waals surface area contributed by atoms with Crippen LogP contribution in [0.4, 0.5) is 0 Å². The van der Waals surface area contributed by atoms with Crippen LogP contribution in [-0.2, 0) is 4.74 Å². The molecule has 0 fully saturated rings. The van der Waals surface area contributed by atoms with E-state index in [9.17, 15) is 0 Å². The summed E-state index contributed by atoms with van der Waals surface area (Å²) in [7, 11) is 0. The van der Waals surface area contributed by atoms with Gasteiger partial charge in [-0.3, -0.25) is 0 Å². The highest BCUT2D eigenvalue weighted by Gasteiger charge is 2.08. The summed E-state index contributed by atoms with van der Waals surface area (Å²) in [4.78, 5) is 0. The Balaban J connectivity index is 3.42. The van der Waals surface area contributed by atoms with Gasteiger partial charge in [0.05, 0.1) is 6.10 Å². The Morgan fingerprint density at radius 2 is 0.957 bits per heavy atom. The van der Waals surface area contributed by atoms with Crippen molar-refractivity contribution in [2.75, 3.05) is 6.61 Å². The second-order valence-corrected chi connectivity index (χ2v) is 7.13. The number of rotatable bonds is 19. The summed E-state index contributed by atoms with van der Waals surface area (Å²) in [6, 6.07) is 0. The van der Waals surface area contributed by atoms with E-state index in [1.54, 1.807) is 0 Å². The molecular weight excluding hydrogens is 280 g/mol. The van der Waals surface area contributed by atoms with Crippen molar-refractivity contribution in [3.05, 3.63) is 6.10 Å². The molecule has 0 bridgehead atoms. The van der Waals surface area contributed by atoms with Gasteiger partial charge >= 0.3 is 0 Å². The molecule has 0 atom stereocenters. The van der Waals surface area contributed by atoms with Crippen LogP contribution < -0.4 is 0 Å². The van der Waals surface area contributed by atoms with E-state index in [4.69, 9.17) is 4.74 Å². The zero-order chi connectivity index (χ0) is 17.0. The fraction of sp³-hybridized carbons (Fsp3) is 0.955. The molecule has 1 heteroatoms. The van der Waals surface area contributed by atoms with Gasteiger partial charge in [0, 0.05) is 6.61 Å². The van der Waals surface area contributed by atoms with Gasteiger partial charge in [0.2, 0.25) is 0 Å². The summed E-state index contributed by atoms with van der Waals surface area (Å²) < 4.78 is 6.07. The Morgan fingerprint density at radius 3 is 1.48 bits per heavy atom. The molecular formula is C22H45O. The number of ether oxygens (including phenoxy) is 1.